The summed E-state index contributed by atoms with van der Waals surface area (Å²) in [6.45, 7) is 0.374. The van der Waals surface area contributed by atoms with Crippen LogP contribution in [0.4, 0.5) is 0 Å². The Bertz CT molecular complexity index is 711. The van der Waals surface area contributed by atoms with Crippen molar-refractivity contribution < 1.29 is 0 Å². The van der Waals surface area contributed by atoms with Crippen molar-refractivity contribution in [3.05, 3.63) is 41.4 Å². The van der Waals surface area contributed by atoms with Crippen LogP contribution < -0.4 is 5.73 Å². The van der Waals surface area contributed by atoms with Crippen molar-refractivity contribution >= 4 is 22.5 Å². The zero-order valence-electron chi connectivity index (χ0n) is 9.94. The van der Waals surface area contributed by atoms with Crippen molar-refractivity contribution in [2.24, 2.45) is 12.8 Å². The number of H-pyrrole nitrogens is 1. The Morgan fingerprint density at radius 3 is 2.89 bits per heavy atom. The highest BCUT2D eigenvalue weighted by atomic mass is 35.5. The van der Waals surface area contributed by atoms with Gasteiger partial charge in [0.05, 0.1) is 6.54 Å². The number of para-hydroxylation sites is 1. The molecule has 0 radical (unpaired) electrons. The zero-order valence-corrected chi connectivity index (χ0v) is 10.7. The van der Waals surface area contributed by atoms with Crippen molar-refractivity contribution in [1.82, 2.24) is 14.5 Å². The highest BCUT2D eigenvalue weighted by Crippen LogP contribution is 2.32. The van der Waals surface area contributed by atoms with E-state index in [1.807, 2.05) is 42.1 Å². The third-order valence-corrected chi connectivity index (χ3v) is 3.58. The molecule has 18 heavy (non-hydrogen) atoms. The fourth-order valence-corrected chi connectivity index (χ4v) is 2.39. The topological polar surface area (TPSA) is 59.6 Å². The van der Waals surface area contributed by atoms with Gasteiger partial charge in [-0.1, -0.05) is 29.8 Å². The lowest BCUT2D eigenvalue weighted by Crippen LogP contribution is -2.04. The Morgan fingerprint density at radius 2 is 2.17 bits per heavy atom. The first-order valence-corrected chi connectivity index (χ1v) is 6.08. The number of hydrogen-bond donors (Lipinski definition) is 2. The van der Waals surface area contributed by atoms with Gasteiger partial charge in [0, 0.05) is 29.7 Å². The van der Waals surface area contributed by atoms with Crippen LogP contribution in [0.1, 0.15) is 5.82 Å². The summed E-state index contributed by atoms with van der Waals surface area (Å²) in [6, 6.07) is 8.07. The van der Waals surface area contributed by atoms with E-state index in [9.17, 15) is 0 Å². The van der Waals surface area contributed by atoms with Crippen LogP contribution in [0.2, 0.25) is 5.15 Å². The highest BCUT2D eigenvalue weighted by Gasteiger charge is 2.16. The van der Waals surface area contributed by atoms with Gasteiger partial charge in [0.2, 0.25) is 0 Å². The van der Waals surface area contributed by atoms with Crippen LogP contribution in [0, 0.1) is 0 Å². The molecule has 0 aliphatic rings. The zero-order chi connectivity index (χ0) is 12.7. The normalized spacial score (nSPS) is 11.3. The minimum atomic E-state index is 0.374. The molecule has 0 fully saturated rings. The maximum Gasteiger partial charge on any atom is 0.136 e. The third kappa shape index (κ3) is 1.54. The molecule has 0 amide bonds. The smallest absolute Gasteiger partial charge is 0.136 e. The van der Waals surface area contributed by atoms with Crippen LogP contribution in [-0.4, -0.2) is 14.5 Å². The second-order valence-corrected chi connectivity index (χ2v) is 4.54. The molecule has 0 saturated carbocycles. The maximum atomic E-state index is 6.32. The van der Waals surface area contributed by atoms with E-state index in [0.717, 1.165) is 28.0 Å². The minimum Gasteiger partial charge on any atom is -0.360 e. The lowest BCUT2D eigenvalue weighted by atomic mass is 10.1. The first kappa shape index (κ1) is 11.3. The molecule has 2 heterocycles. The van der Waals surface area contributed by atoms with Gasteiger partial charge in [0.1, 0.15) is 16.7 Å². The number of fused-ring (bicyclic) bond motifs is 1. The standard InChI is InChI=1S/C13H13ClN4/c1-18-11(6-15)17-12(13(18)14)9-7-16-10-5-3-2-4-8(9)10/h2-5,7,16H,6,15H2,1H3. The van der Waals surface area contributed by atoms with E-state index in [1.165, 1.54) is 0 Å². The molecule has 0 unspecified atom stereocenters. The van der Waals surface area contributed by atoms with Gasteiger partial charge in [-0.25, -0.2) is 4.98 Å². The van der Waals surface area contributed by atoms with E-state index in [-0.39, 0.29) is 0 Å². The summed E-state index contributed by atoms with van der Waals surface area (Å²) >= 11 is 6.32. The second-order valence-electron chi connectivity index (χ2n) is 4.18. The van der Waals surface area contributed by atoms with Crippen molar-refractivity contribution in [3.8, 4) is 11.3 Å². The molecular formula is C13H13ClN4. The van der Waals surface area contributed by atoms with Crippen molar-refractivity contribution in [2.45, 2.75) is 6.54 Å². The molecule has 0 aliphatic heterocycles. The van der Waals surface area contributed by atoms with E-state index in [0.29, 0.717) is 11.7 Å². The third-order valence-electron chi connectivity index (χ3n) is 3.14. The number of halogens is 1. The SMILES string of the molecule is Cn1c(CN)nc(-c2c[nH]c3ccccc23)c1Cl. The van der Waals surface area contributed by atoms with Crippen molar-refractivity contribution in [1.29, 1.82) is 0 Å². The van der Waals surface area contributed by atoms with E-state index in [4.69, 9.17) is 17.3 Å². The number of aromatic nitrogens is 3. The first-order valence-electron chi connectivity index (χ1n) is 5.70. The Hall–Kier alpha value is -1.78. The molecule has 3 aromatic rings. The molecule has 4 nitrogen and oxygen atoms in total. The summed E-state index contributed by atoms with van der Waals surface area (Å²) in [7, 11) is 1.87. The van der Waals surface area contributed by atoms with Gasteiger partial charge in [-0.05, 0) is 6.07 Å². The molecule has 3 rings (SSSR count). The highest BCUT2D eigenvalue weighted by molar-refractivity contribution is 6.32. The van der Waals surface area contributed by atoms with E-state index in [1.54, 1.807) is 0 Å². The van der Waals surface area contributed by atoms with E-state index >= 15 is 0 Å². The summed E-state index contributed by atoms with van der Waals surface area (Å²) in [4.78, 5) is 7.73. The number of imidazole rings is 1. The molecule has 5 heteroatoms. The van der Waals surface area contributed by atoms with Crippen LogP contribution >= 0.6 is 11.6 Å². The maximum absolute atomic E-state index is 6.32. The van der Waals surface area contributed by atoms with Gasteiger partial charge in [-0.15, -0.1) is 0 Å². The van der Waals surface area contributed by atoms with Gasteiger partial charge in [-0.2, -0.15) is 0 Å². The summed E-state index contributed by atoms with van der Waals surface area (Å²) in [6.07, 6.45) is 1.93. The molecular weight excluding hydrogens is 248 g/mol. The first-order chi connectivity index (χ1) is 8.72. The average Bonchev–Trinajstić information content (AvgIpc) is 2.93. The van der Waals surface area contributed by atoms with Crippen molar-refractivity contribution in [2.75, 3.05) is 0 Å². The lowest BCUT2D eigenvalue weighted by Gasteiger charge is -1.97. The predicted octanol–water partition coefficient (Wildman–Crippen LogP) is 2.68. The number of nitrogens with one attached hydrogen (secondary N) is 1. The lowest BCUT2D eigenvalue weighted by molar-refractivity contribution is 0.794. The van der Waals surface area contributed by atoms with Gasteiger partial charge in [0.25, 0.3) is 0 Å². The van der Waals surface area contributed by atoms with Gasteiger partial charge >= 0.3 is 0 Å². The molecule has 3 N–H and O–H groups in total. The summed E-state index contributed by atoms with van der Waals surface area (Å²) in [5, 5.41) is 1.72. The largest absolute Gasteiger partial charge is 0.360 e. The van der Waals surface area contributed by atoms with E-state index in [2.05, 4.69) is 9.97 Å². The van der Waals surface area contributed by atoms with Crippen LogP contribution in [0.25, 0.3) is 22.2 Å². The summed E-state index contributed by atoms with van der Waals surface area (Å²) < 4.78 is 1.82. The summed E-state index contributed by atoms with van der Waals surface area (Å²) in [5.74, 6) is 0.778. The minimum absolute atomic E-state index is 0.374. The van der Waals surface area contributed by atoms with Crippen LogP contribution in [-0.2, 0) is 13.6 Å². The quantitative estimate of drug-likeness (QED) is 0.744. The average molecular weight is 261 g/mol. The Morgan fingerprint density at radius 1 is 1.39 bits per heavy atom. The number of rotatable bonds is 2. The fraction of sp³-hybridized carbons (Fsp3) is 0.154. The molecule has 0 saturated heterocycles. The Kier molecular flexibility index (Phi) is 2.61. The van der Waals surface area contributed by atoms with Crippen LogP contribution in [0.5, 0.6) is 0 Å². The Labute approximate surface area is 109 Å². The molecule has 0 atom stereocenters. The molecule has 1 aromatic carbocycles. The van der Waals surface area contributed by atoms with E-state index < -0.39 is 0 Å². The molecule has 0 spiro atoms. The van der Waals surface area contributed by atoms with Gasteiger partial charge in [-0.3, -0.25) is 0 Å². The number of hydrogen-bond acceptors (Lipinski definition) is 2. The number of nitrogens with two attached hydrogens (primary N) is 1. The molecule has 0 aliphatic carbocycles. The fourth-order valence-electron chi connectivity index (χ4n) is 2.14. The van der Waals surface area contributed by atoms with Crippen LogP contribution in [0.3, 0.4) is 0 Å². The van der Waals surface area contributed by atoms with Crippen molar-refractivity contribution in [3.63, 3.8) is 0 Å². The predicted molar refractivity (Wildman–Crippen MR) is 73.4 cm³/mol. The molecule has 0 bridgehead atoms. The number of benzene rings is 1. The van der Waals surface area contributed by atoms with Gasteiger partial charge < -0.3 is 15.3 Å². The second kappa shape index (κ2) is 4.15. The van der Waals surface area contributed by atoms with Crippen LogP contribution in [0.15, 0.2) is 30.5 Å². The summed E-state index contributed by atoms with van der Waals surface area (Å²) in [5.41, 5.74) is 8.50. The molecule has 92 valence electrons. The number of nitrogens with zero attached hydrogens (tertiary/aromatic N) is 2. The molecule has 2 aromatic heterocycles. The monoisotopic (exact) mass is 260 g/mol. The van der Waals surface area contributed by atoms with Gasteiger partial charge in [0.15, 0.2) is 0 Å². The Balaban J connectivity index is 2.26. The number of aromatic amines is 1.